The molecule has 23 heavy (non-hydrogen) atoms. The molecule has 0 bridgehead atoms. The molecule has 1 amide bonds. The first-order valence-electron chi connectivity index (χ1n) is 8.16. The van der Waals surface area contributed by atoms with E-state index in [1.165, 1.54) is 5.56 Å². The zero-order valence-corrected chi connectivity index (χ0v) is 14.3. The number of benzene rings is 2. The summed E-state index contributed by atoms with van der Waals surface area (Å²) in [4.78, 5) is 12.3. The Morgan fingerprint density at radius 1 is 1.00 bits per heavy atom. The molecule has 3 nitrogen and oxygen atoms in total. The largest absolute Gasteiger partial charge is 0.491 e. The molecule has 0 fully saturated rings. The lowest BCUT2D eigenvalue weighted by atomic mass is 10.0. The highest BCUT2D eigenvalue weighted by molar-refractivity contribution is 5.94. The van der Waals surface area contributed by atoms with E-state index in [2.05, 4.69) is 36.5 Å². The Morgan fingerprint density at radius 3 is 2.13 bits per heavy atom. The molecule has 2 aromatic rings. The molecule has 1 unspecified atom stereocenters. The Kier molecular flexibility index (Phi) is 5.80. The van der Waals surface area contributed by atoms with Gasteiger partial charge in [-0.3, -0.25) is 4.79 Å². The van der Waals surface area contributed by atoms with E-state index >= 15 is 0 Å². The van der Waals surface area contributed by atoms with Gasteiger partial charge in [0.15, 0.2) is 0 Å². The molecule has 0 saturated heterocycles. The van der Waals surface area contributed by atoms with Crippen LogP contribution in [0.2, 0.25) is 0 Å². The summed E-state index contributed by atoms with van der Waals surface area (Å²) >= 11 is 0. The van der Waals surface area contributed by atoms with E-state index in [-0.39, 0.29) is 18.1 Å². The second kappa shape index (κ2) is 7.82. The Labute approximate surface area is 138 Å². The standard InChI is InChI=1S/C20H25NO2/c1-5-16-6-8-17(9-7-16)15(4)21-20(22)18-10-12-19(13-11-18)23-14(2)3/h6-15H,5H2,1-4H3,(H,21,22). The number of hydrogen-bond donors (Lipinski definition) is 1. The van der Waals surface area contributed by atoms with Crippen molar-refractivity contribution in [2.24, 2.45) is 0 Å². The predicted molar refractivity (Wildman–Crippen MR) is 93.9 cm³/mol. The van der Waals surface area contributed by atoms with Crippen LogP contribution in [0, 0.1) is 0 Å². The van der Waals surface area contributed by atoms with Crippen molar-refractivity contribution in [3.05, 3.63) is 65.2 Å². The molecule has 0 spiro atoms. The Bertz CT molecular complexity index is 630. The zero-order valence-electron chi connectivity index (χ0n) is 14.3. The SMILES string of the molecule is CCc1ccc(C(C)NC(=O)c2ccc(OC(C)C)cc2)cc1. The minimum absolute atomic E-state index is 0.0278. The quantitative estimate of drug-likeness (QED) is 0.851. The van der Waals surface area contributed by atoms with Crippen molar-refractivity contribution in [1.82, 2.24) is 5.32 Å². The highest BCUT2D eigenvalue weighted by Gasteiger charge is 2.11. The molecular weight excluding hydrogens is 286 g/mol. The topological polar surface area (TPSA) is 38.3 Å². The van der Waals surface area contributed by atoms with Crippen LogP contribution in [0.4, 0.5) is 0 Å². The van der Waals surface area contributed by atoms with Crippen LogP contribution in [0.3, 0.4) is 0 Å². The monoisotopic (exact) mass is 311 g/mol. The Morgan fingerprint density at radius 2 is 1.61 bits per heavy atom. The maximum atomic E-state index is 12.3. The maximum absolute atomic E-state index is 12.3. The van der Waals surface area contributed by atoms with Crippen LogP contribution in [0.1, 0.15) is 55.2 Å². The number of ether oxygens (including phenoxy) is 1. The van der Waals surface area contributed by atoms with Crippen LogP contribution in [0.15, 0.2) is 48.5 Å². The number of carbonyl (C=O) groups excluding carboxylic acids is 1. The van der Waals surface area contributed by atoms with Gasteiger partial charge >= 0.3 is 0 Å². The van der Waals surface area contributed by atoms with Gasteiger partial charge in [-0.25, -0.2) is 0 Å². The van der Waals surface area contributed by atoms with E-state index in [0.717, 1.165) is 17.7 Å². The van der Waals surface area contributed by atoms with E-state index in [1.54, 1.807) is 12.1 Å². The summed E-state index contributed by atoms with van der Waals surface area (Å²) in [5.74, 6) is 0.702. The van der Waals surface area contributed by atoms with Crippen LogP contribution in [0.25, 0.3) is 0 Å². The predicted octanol–water partition coefficient (Wildman–Crippen LogP) is 4.53. The fraction of sp³-hybridized carbons (Fsp3) is 0.350. The third-order valence-corrected chi connectivity index (χ3v) is 3.72. The fourth-order valence-electron chi connectivity index (χ4n) is 2.36. The van der Waals surface area contributed by atoms with Crippen LogP contribution in [-0.4, -0.2) is 12.0 Å². The first-order chi connectivity index (χ1) is 11.0. The van der Waals surface area contributed by atoms with Crippen molar-refractivity contribution in [3.63, 3.8) is 0 Å². The molecule has 1 atom stereocenters. The summed E-state index contributed by atoms with van der Waals surface area (Å²) in [6.45, 7) is 8.08. The molecular formula is C20H25NO2. The van der Waals surface area contributed by atoms with Crippen LogP contribution in [-0.2, 0) is 6.42 Å². The number of rotatable bonds is 6. The molecule has 2 rings (SSSR count). The number of carbonyl (C=O) groups is 1. The molecule has 122 valence electrons. The third kappa shape index (κ3) is 4.85. The summed E-state index contributed by atoms with van der Waals surface area (Å²) in [5, 5.41) is 3.03. The number of amides is 1. The molecule has 0 aliphatic carbocycles. The van der Waals surface area contributed by atoms with Crippen LogP contribution in [0.5, 0.6) is 5.75 Å². The minimum atomic E-state index is -0.0758. The summed E-state index contributed by atoms with van der Waals surface area (Å²) in [6.07, 6.45) is 1.15. The highest BCUT2D eigenvalue weighted by atomic mass is 16.5. The first-order valence-corrected chi connectivity index (χ1v) is 8.16. The van der Waals surface area contributed by atoms with Crippen LogP contribution >= 0.6 is 0 Å². The molecule has 0 saturated carbocycles. The number of aryl methyl sites for hydroxylation is 1. The van der Waals surface area contributed by atoms with Crippen molar-refractivity contribution in [2.45, 2.75) is 46.3 Å². The van der Waals surface area contributed by atoms with Gasteiger partial charge < -0.3 is 10.1 Å². The molecule has 0 aliphatic heterocycles. The normalized spacial score (nSPS) is 12.0. The first kappa shape index (κ1) is 17.1. The van der Waals surface area contributed by atoms with Gasteiger partial charge in [-0.05, 0) is 62.6 Å². The van der Waals surface area contributed by atoms with E-state index in [4.69, 9.17) is 4.74 Å². The van der Waals surface area contributed by atoms with Crippen molar-refractivity contribution < 1.29 is 9.53 Å². The van der Waals surface area contributed by atoms with E-state index in [9.17, 15) is 4.79 Å². The average Bonchev–Trinajstić information content (AvgIpc) is 2.55. The van der Waals surface area contributed by atoms with E-state index in [1.807, 2.05) is 32.9 Å². The van der Waals surface area contributed by atoms with Gasteiger partial charge in [0.1, 0.15) is 5.75 Å². The Hall–Kier alpha value is -2.29. The maximum Gasteiger partial charge on any atom is 0.251 e. The fourth-order valence-corrected chi connectivity index (χ4v) is 2.36. The van der Waals surface area contributed by atoms with Gasteiger partial charge in [0, 0.05) is 5.56 Å². The minimum Gasteiger partial charge on any atom is -0.491 e. The van der Waals surface area contributed by atoms with Crippen molar-refractivity contribution >= 4 is 5.91 Å². The molecule has 0 radical (unpaired) electrons. The van der Waals surface area contributed by atoms with E-state index < -0.39 is 0 Å². The molecule has 0 heterocycles. The van der Waals surface area contributed by atoms with Crippen LogP contribution < -0.4 is 10.1 Å². The molecule has 2 aromatic carbocycles. The molecule has 3 heteroatoms. The van der Waals surface area contributed by atoms with Gasteiger partial charge in [0.25, 0.3) is 5.91 Å². The second-order valence-electron chi connectivity index (χ2n) is 5.98. The highest BCUT2D eigenvalue weighted by Crippen LogP contribution is 2.17. The lowest BCUT2D eigenvalue weighted by Crippen LogP contribution is -2.26. The second-order valence-corrected chi connectivity index (χ2v) is 5.98. The molecule has 0 aromatic heterocycles. The lowest BCUT2D eigenvalue weighted by Gasteiger charge is -2.15. The van der Waals surface area contributed by atoms with Gasteiger partial charge in [0.2, 0.25) is 0 Å². The lowest BCUT2D eigenvalue weighted by molar-refractivity contribution is 0.0940. The molecule has 1 N–H and O–H groups in total. The summed E-state index contributed by atoms with van der Waals surface area (Å²) < 4.78 is 5.59. The smallest absolute Gasteiger partial charge is 0.251 e. The number of hydrogen-bond acceptors (Lipinski definition) is 2. The summed E-state index contributed by atoms with van der Waals surface area (Å²) in [6, 6.07) is 15.6. The van der Waals surface area contributed by atoms with E-state index in [0.29, 0.717) is 5.56 Å². The van der Waals surface area contributed by atoms with Gasteiger partial charge in [-0.1, -0.05) is 31.2 Å². The zero-order chi connectivity index (χ0) is 16.8. The van der Waals surface area contributed by atoms with Crippen molar-refractivity contribution in [2.75, 3.05) is 0 Å². The molecule has 0 aliphatic rings. The van der Waals surface area contributed by atoms with Crippen molar-refractivity contribution in [3.8, 4) is 5.75 Å². The van der Waals surface area contributed by atoms with Gasteiger partial charge in [-0.2, -0.15) is 0 Å². The Balaban J connectivity index is 1.99. The summed E-state index contributed by atoms with van der Waals surface area (Å²) in [5.41, 5.74) is 3.04. The van der Waals surface area contributed by atoms with Crippen molar-refractivity contribution in [1.29, 1.82) is 0 Å². The summed E-state index contributed by atoms with van der Waals surface area (Å²) in [7, 11) is 0. The van der Waals surface area contributed by atoms with Gasteiger partial charge in [-0.15, -0.1) is 0 Å². The third-order valence-electron chi connectivity index (χ3n) is 3.72. The number of nitrogens with one attached hydrogen (secondary N) is 1. The average molecular weight is 311 g/mol. The van der Waals surface area contributed by atoms with Gasteiger partial charge in [0.05, 0.1) is 12.1 Å².